The molecule has 160 valence electrons. The molecule has 0 aliphatic carbocycles. The molecular formula is C23H30FN5O. The molecular weight excluding hydrogens is 381 g/mol. The largest absolute Gasteiger partial charge is 0.358 e. The molecule has 1 aromatic carbocycles. The van der Waals surface area contributed by atoms with Gasteiger partial charge < -0.3 is 15.5 Å². The average Bonchev–Trinajstić information content (AvgIpc) is 3.39. The van der Waals surface area contributed by atoms with Crippen molar-refractivity contribution in [2.24, 2.45) is 11.7 Å². The number of hydrogen-bond donors (Lipinski definition) is 1. The Balaban J connectivity index is 1.39. The van der Waals surface area contributed by atoms with E-state index in [-0.39, 0.29) is 41.9 Å². The second-order valence-corrected chi connectivity index (χ2v) is 9.07. The first-order valence-corrected chi connectivity index (χ1v) is 10.7. The lowest BCUT2D eigenvalue weighted by Crippen LogP contribution is -2.54. The molecule has 3 aliphatic heterocycles. The van der Waals surface area contributed by atoms with Crippen LogP contribution in [-0.2, 0) is 4.79 Å². The number of benzene rings is 1. The van der Waals surface area contributed by atoms with Gasteiger partial charge in [0.1, 0.15) is 11.9 Å². The van der Waals surface area contributed by atoms with Gasteiger partial charge in [-0.2, -0.15) is 5.26 Å². The molecule has 30 heavy (non-hydrogen) atoms. The molecule has 3 heterocycles. The second kappa shape index (κ2) is 8.01. The molecule has 3 aliphatic rings. The molecule has 6 nitrogen and oxygen atoms in total. The van der Waals surface area contributed by atoms with Crippen molar-refractivity contribution in [1.29, 1.82) is 5.26 Å². The van der Waals surface area contributed by atoms with Gasteiger partial charge in [-0.1, -0.05) is 25.6 Å². The highest BCUT2D eigenvalue weighted by molar-refractivity contribution is 5.86. The Morgan fingerprint density at radius 1 is 1.40 bits per heavy atom. The average molecular weight is 412 g/mol. The van der Waals surface area contributed by atoms with Crippen molar-refractivity contribution in [3.05, 3.63) is 47.9 Å². The zero-order valence-electron chi connectivity index (χ0n) is 17.7. The number of nitrogens with two attached hydrogens (primary N) is 1. The summed E-state index contributed by atoms with van der Waals surface area (Å²) in [6.45, 7) is 10.4. The number of nitriles is 1. The van der Waals surface area contributed by atoms with E-state index in [1.54, 1.807) is 6.07 Å². The minimum Gasteiger partial charge on any atom is -0.358 e. The van der Waals surface area contributed by atoms with Crippen LogP contribution in [0.1, 0.15) is 38.3 Å². The summed E-state index contributed by atoms with van der Waals surface area (Å²) >= 11 is 0. The molecule has 0 aromatic heterocycles. The van der Waals surface area contributed by atoms with E-state index >= 15 is 0 Å². The molecule has 0 spiro atoms. The van der Waals surface area contributed by atoms with Crippen LogP contribution in [0.5, 0.6) is 0 Å². The lowest BCUT2D eigenvalue weighted by molar-refractivity contribution is -0.139. The van der Waals surface area contributed by atoms with E-state index in [1.165, 1.54) is 12.1 Å². The Morgan fingerprint density at radius 3 is 2.83 bits per heavy atom. The van der Waals surface area contributed by atoms with Gasteiger partial charge in [0.05, 0.1) is 24.2 Å². The number of rotatable bonds is 6. The highest BCUT2D eigenvalue weighted by Crippen LogP contribution is 2.38. The quantitative estimate of drug-likeness (QED) is 0.777. The summed E-state index contributed by atoms with van der Waals surface area (Å²) in [5, 5.41) is 9.42. The fourth-order valence-electron chi connectivity index (χ4n) is 5.38. The van der Waals surface area contributed by atoms with Crippen LogP contribution in [0.2, 0.25) is 0 Å². The van der Waals surface area contributed by atoms with Crippen molar-refractivity contribution < 1.29 is 9.18 Å². The van der Waals surface area contributed by atoms with Crippen LogP contribution in [0.3, 0.4) is 0 Å². The predicted octanol–water partition coefficient (Wildman–Crippen LogP) is 2.25. The van der Waals surface area contributed by atoms with Crippen LogP contribution < -0.4 is 5.73 Å². The van der Waals surface area contributed by atoms with Crippen LogP contribution in [0.15, 0.2) is 36.5 Å². The third kappa shape index (κ3) is 3.59. The highest BCUT2D eigenvalue weighted by atomic mass is 19.1. The van der Waals surface area contributed by atoms with Gasteiger partial charge in [0, 0.05) is 31.4 Å². The van der Waals surface area contributed by atoms with Crippen LogP contribution in [-0.4, -0.2) is 64.4 Å². The monoisotopic (exact) mass is 411 g/mol. The SMILES string of the molecule is C=C(C(N)CN1CC2CC1C(=O)N2C(C)c1cccc(F)c1)N1CC(C)CC1C#N. The Kier molecular flexibility index (Phi) is 5.56. The molecule has 1 aromatic rings. The first-order chi connectivity index (χ1) is 14.3. The summed E-state index contributed by atoms with van der Waals surface area (Å²) in [4.78, 5) is 19.2. The number of carbonyl (C=O) groups excluding carboxylic acids is 1. The number of hydrogen-bond acceptors (Lipinski definition) is 5. The smallest absolute Gasteiger partial charge is 0.240 e. The van der Waals surface area contributed by atoms with Crippen LogP contribution in [0, 0.1) is 23.1 Å². The standard InChI is InChI=1S/C23H30FN5O/c1-14-7-19(10-25)28(11-14)16(3)21(26)13-27-12-20-9-22(27)23(30)29(20)15(2)17-5-4-6-18(24)8-17/h4-6,8,14-15,19-22H,3,7,9,11-13,26H2,1-2H3. The third-order valence-electron chi connectivity index (χ3n) is 6.95. The first kappa shape index (κ1) is 20.8. The molecule has 3 fully saturated rings. The number of piperazine rings is 1. The summed E-state index contributed by atoms with van der Waals surface area (Å²) in [7, 11) is 0. The molecule has 1 amide bonds. The van der Waals surface area contributed by atoms with E-state index in [2.05, 4.69) is 24.5 Å². The van der Waals surface area contributed by atoms with Crippen LogP contribution >= 0.6 is 0 Å². The van der Waals surface area contributed by atoms with Gasteiger partial charge in [-0.05, 0) is 43.4 Å². The number of halogens is 1. The molecule has 7 heteroatoms. The summed E-state index contributed by atoms with van der Waals surface area (Å²) < 4.78 is 13.6. The van der Waals surface area contributed by atoms with E-state index in [9.17, 15) is 14.4 Å². The Labute approximate surface area is 177 Å². The Bertz CT molecular complexity index is 883. The maximum atomic E-state index is 13.6. The molecule has 6 unspecified atom stereocenters. The summed E-state index contributed by atoms with van der Waals surface area (Å²) in [6, 6.07) is 8.12. The number of likely N-dealkylation sites (tertiary alicyclic amines) is 3. The lowest BCUT2D eigenvalue weighted by atomic mass is 10.1. The van der Waals surface area contributed by atoms with Gasteiger partial charge in [0.2, 0.25) is 5.91 Å². The number of carbonyl (C=O) groups is 1. The van der Waals surface area contributed by atoms with Crippen molar-refractivity contribution in [2.75, 3.05) is 19.6 Å². The minimum absolute atomic E-state index is 0.0884. The number of fused-ring (bicyclic) bond motifs is 2. The third-order valence-corrected chi connectivity index (χ3v) is 6.95. The topological polar surface area (TPSA) is 76.6 Å². The molecule has 2 N–H and O–H groups in total. The molecule has 2 bridgehead atoms. The fourth-order valence-corrected chi connectivity index (χ4v) is 5.38. The van der Waals surface area contributed by atoms with Gasteiger partial charge >= 0.3 is 0 Å². The summed E-state index contributed by atoms with van der Waals surface area (Å²) in [6.07, 6.45) is 1.61. The van der Waals surface area contributed by atoms with Gasteiger partial charge in [-0.25, -0.2) is 4.39 Å². The van der Waals surface area contributed by atoms with E-state index in [4.69, 9.17) is 5.73 Å². The second-order valence-electron chi connectivity index (χ2n) is 9.07. The zero-order valence-corrected chi connectivity index (χ0v) is 17.7. The Morgan fingerprint density at radius 2 is 2.17 bits per heavy atom. The highest BCUT2D eigenvalue weighted by Gasteiger charge is 2.51. The number of nitrogens with zero attached hydrogens (tertiary/aromatic N) is 4. The first-order valence-electron chi connectivity index (χ1n) is 10.7. The predicted molar refractivity (Wildman–Crippen MR) is 112 cm³/mol. The van der Waals surface area contributed by atoms with E-state index in [0.717, 1.165) is 37.2 Å². The maximum absolute atomic E-state index is 13.6. The maximum Gasteiger partial charge on any atom is 0.240 e. The normalized spacial score (nSPS) is 30.6. The molecule has 0 saturated carbocycles. The number of amides is 1. The van der Waals surface area contributed by atoms with Crippen molar-refractivity contribution in [1.82, 2.24) is 14.7 Å². The zero-order chi connectivity index (χ0) is 21.6. The summed E-state index contributed by atoms with van der Waals surface area (Å²) in [5.74, 6) is 0.250. The van der Waals surface area contributed by atoms with Crippen molar-refractivity contribution in [2.45, 2.75) is 56.9 Å². The molecule has 3 saturated heterocycles. The Hall–Kier alpha value is -2.43. The van der Waals surface area contributed by atoms with Crippen molar-refractivity contribution >= 4 is 5.91 Å². The van der Waals surface area contributed by atoms with Gasteiger partial charge in [0.15, 0.2) is 0 Å². The molecule has 4 rings (SSSR count). The van der Waals surface area contributed by atoms with E-state index < -0.39 is 0 Å². The fraction of sp³-hybridized carbons (Fsp3) is 0.565. The van der Waals surface area contributed by atoms with Gasteiger partial charge in [-0.15, -0.1) is 0 Å². The van der Waals surface area contributed by atoms with Crippen molar-refractivity contribution in [3.8, 4) is 6.07 Å². The molecule has 6 atom stereocenters. The van der Waals surface area contributed by atoms with Gasteiger partial charge in [-0.3, -0.25) is 9.69 Å². The van der Waals surface area contributed by atoms with Gasteiger partial charge in [0.25, 0.3) is 0 Å². The minimum atomic E-state index is -0.313. The summed E-state index contributed by atoms with van der Waals surface area (Å²) in [5.41, 5.74) is 8.06. The van der Waals surface area contributed by atoms with Crippen molar-refractivity contribution in [3.63, 3.8) is 0 Å². The molecule has 0 radical (unpaired) electrons. The van der Waals surface area contributed by atoms with Crippen LogP contribution in [0.25, 0.3) is 0 Å². The van der Waals surface area contributed by atoms with E-state index in [1.807, 2.05) is 22.8 Å². The lowest BCUT2D eigenvalue weighted by Gasteiger charge is -2.39. The van der Waals surface area contributed by atoms with E-state index in [0.29, 0.717) is 12.5 Å². The van der Waals surface area contributed by atoms with Crippen LogP contribution in [0.4, 0.5) is 4.39 Å².